The number of ether oxygens (including phenoxy) is 1. The van der Waals surface area contributed by atoms with Gasteiger partial charge in [0.05, 0.1) is 12.3 Å². The molecule has 14 heavy (non-hydrogen) atoms. The van der Waals surface area contributed by atoms with Gasteiger partial charge in [0.2, 0.25) is 0 Å². The van der Waals surface area contributed by atoms with Crippen LogP contribution in [0.4, 0.5) is 0 Å². The van der Waals surface area contributed by atoms with E-state index in [0.29, 0.717) is 12.5 Å². The molecule has 1 rings (SSSR count). The Morgan fingerprint density at radius 1 is 1.43 bits per heavy atom. The van der Waals surface area contributed by atoms with Crippen LogP contribution in [0.25, 0.3) is 0 Å². The van der Waals surface area contributed by atoms with Gasteiger partial charge < -0.3 is 4.74 Å². The number of rotatable bonds is 5. The van der Waals surface area contributed by atoms with Crippen LogP contribution < -0.4 is 4.74 Å². The number of pyridine rings is 1. The fourth-order valence-corrected chi connectivity index (χ4v) is 1.62. The van der Waals surface area contributed by atoms with Gasteiger partial charge in [0, 0.05) is 12.1 Å². The molecule has 1 unspecified atom stereocenters. The van der Waals surface area contributed by atoms with Crippen LogP contribution in [0.1, 0.15) is 45.2 Å². The normalized spacial score (nSPS) is 12.5. The van der Waals surface area contributed by atoms with E-state index in [1.54, 1.807) is 0 Å². The van der Waals surface area contributed by atoms with Gasteiger partial charge in [-0.1, -0.05) is 20.3 Å². The highest BCUT2D eigenvalue weighted by Crippen LogP contribution is 2.27. The van der Waals surface area contributed by atoms with Gasteiger partial charge in [0.15, 0.2) is 0 Å². The summed E-state index contributed by atoms with van der Waals surface area (Å²) in [6.45, 7) is 7.10. The Hall–Kier alpha value is -1.05. The van der Waals surface area contributed by atoms with E-state index in [2.05, 4.69) is 18.8 Å². The van der Waals surface area contributed by atoms with Crippen molar-refractivity contribution in [2.75, 3.05) is 6.61 Å². The van der Waals surface area contributed by atoms with E-state index >= 15 is 0 Å². The molecule has 0 N–H and O–H groups in total. The molecule has 0 saturated heterocycles. The van der Waals surface area contributed by atoms with Crippen molar-refractivity contribution < 1.29 is 4.74 Å². The summed E-state index contributed by atoms with van der Waals surface area (Å²) in [7, 11) is 0. The summed E-state index contributed by atoms with van der Waals surface area (Å²) in [6.07, 6.45) is 4.18. The maximum Gasteiger partial charge on any atom is 0.141 e. The van der Waals surface area contributed by atoms with Crippen molar-refractivity contribution in [2.45, 2.75) is 39.5 Å². The first-order valence-corrected chi connectivity index (χ1v) is 5.37. The monoisotopic (exact) mass is 193 g/mol. The van der Waals surface area contributed by atoms with Crippen LogP contribution >= 0.6 is 0 Å². The average molecular weight is 193 g/mol. The molecule has 0 spiro atoms. The Labute approximate surface area is 86.3 Å². The number of hydrogen-bond acceptors (Lipinski definition) is 2. The third-order valence-corrected chi connectivity index (χ3v) is 2.29. The molecule has 1 heterocycles. The van der Waals surface area contributed by atoms with Crippen molar-refractivity contribution in [3.05, 3.63) is 24.0 Å². The number of hydrogen-bond donors (Lipinski definition) is 0. The predicted molar refractivity (Wildman–Crippen MR) is 58.7 cm³/mol. The van der Waals surface area contributed by atoms with Gasteiger partial charge in [-0.3, -0.25) is 4.98 Å². The van der Waals surface area contributed by atoms with Crippen molar-refractivity contribution >= 4 is 0 Å². The second-order valence-corrected chi connectivity index (χ2v) is 3.51. The minimum Gasteiger partial charge on any atom is -0.492 e. The third kappa shape index (κ3) is 2.72. The molecule has 2 nitrogen and oxygen atoms in total. The first-order valence-electron chi connectivity index (χ1n) is 5.37. The van der Waals surface area contributed by atoms with Crippen LogP contribution in [0, 0.1) is 0 Å². The van der Waals surface area contributed by atoms with Crippen molar-refractivity contribution in [2.24, 2.45) is 0 Å². The molecule has 0 aliphatic heterocycles. The summed E-state index contributed by atoms with van der Waals surface area (Å²) in [5, 5.41) is 0. The Balaban J connectivity index is 2.82. The molecule has 78 valence electrons. The van der Waals surface area contributed by atoms with Crippen molar-refractivity contribution in [3.8, 4) is 5.75 Å². The molecular formula is C12H19NO. The Kier molecular flexibility index (Phi) is 4.44. The Morgan fingerprint density at radius 2 is 2.21 bits per heavy atom. The summed E-state index contributed by atoms with van der Waals surface area (Å²) in [5.74, 6) is 1.43. The Morgan fingerprint density at radius 3 is 2.86 bits per heavy atom. The van der Waals surface area contributed by atoms with E-state index in [-0.39, 0.29) is 0 Å². The van der Waals surface area contributed by atoms with E-state index in [9.17, 15) is 0 Å². The van der Waals surface area contributed by atoms with E-state index in [1.807, 2.05) is 25.3 Å². The molecular weight excluding hydrogens is 174 g/mol. The molecule has 0 aliphatic rings. The van der Waals surface area contributed by atoms with Crippen molar-refractivity contribution in [3.63, 3.8) is 0 Å². The molecule has 1 aromatic heterocycles. The van der Waals surface area contributed by atoms with Gasteiger partial charge in [-0.25, -0.2) is 0 Å². The van der Waals surface area contributed by atoms with Crippen molar-refractivity contribution in [1.82, 2.24) is 4.98 Å². The number of aromatic nitrogens is 1. The molecule has 2 heteroatoms. The molecule has 0 fully saturated rings. The largest absolute Gasteiger partial charge is 0.492 e. The summed E-state index contributed by atoms with van der Waals surface area (Å²) < 4.78 is 5.54. The zero-order valence-electron chi connectivity index (χ0n) is 9.29. The molecule has 0 saturated carbocycles. The lowest BCUT2D eigenvalue weighted by atomic mass is 10.0. The van der Waals surface area contributed by atoms with Gasteiger partial charge in [-0.15, -0.1) is 0 Å². The van der Waals surface area contributed by atoms with Gasteiger partial charge in [0.1, 0.15) is 5.75 Å². The highest BCUT2D eigenvalue weighted by Gasteiger charge is 2.11. The molecule has 0 aromatic carbocycles. The SMILES string of the molecule is CCCC(C)c1ncccc1OCC. The highest BCUT2D eigenvalue weighted by molar-refractivity contribution is 5.29. The lowest BCUT2D eigenvalue weighted by molar-refractivity contribution is 0.331. The van der Waals surface area contributed by atoms with Crippen molar-refractivity contribution in [1.29, 1.82) is 0 Å². The molecule has 0 amide bonds. The van der Waals surface area contributed by atoms with Crippen LogP contribution in [-0.2, 0) is 0 Å². The summed E-state index contributed by atoms with van der Waals surface area (Å²) >= 11 is 0. The standard InChI is InChI=1S/C12H19NO/c1-4-7-10(3)12-11(14-5-2)8-6-9-13-12/h6,8-10H,4-5,7H2,1-3H3. The van der Waals surface area contributed by atoms with Gasteiger partial charge in [-0.05, 0) is 25.5 Å². The van der Waals surface area contributed by atoms with Crippen LogP contribution in [0.3, 0.4) is 0 Å². The zero-order valence-corrected chi connectivity index (χ0v) is 9.29. The molecule has 0 radical (unpaired) electrons. The zero-order chi connectivity index (χ0) is 10.4. The van der Waals surface area contributed by atoms with E-state index in [1.165, 1.54) is 6.42 Å². The predicted octanol–water partition coefficient (Wildman–Crippen LogP) is 3.38. The van der Waals surface area contributed by atoms with E-state index in [0.717, 1.165) is 17.9 Å². The Bertz CT molecular complexity index is 273. The van der Waals surface area contributed by atoms with Crippen LogP contribution in [-0.4, -0.2) is 11.6 Å². The first kappa shape index (κ1) is 11.0. The first-order chi connectivity index (χ1) is 6.79. The second kappa shape index (κ2) is 5.63. The lowest BCUT2D eigenvalue weighted by Crippen LogP contribution is -2.02. The summed E-state index contributed by atoms with van der Waals surface area (Å²) in [4.78, 5) is 4.39. The minimum absolute atomic E-state index is 0.489. The van der Waals surface area contributed by atoms with Crippen LogP contribution in [0.5, 0.6) is 5.75 Å². The second-order valence-electron chi connectivity index (χ2n) is 3.51. The minimum atomic E-state index is 0.489. The van der Waals surface area contributed by atoms with Crippen LogP contribution in [0.2, 0.25) is 0 Å². The van der Waals surface area contributed by atoms with E-state index in [4.69, 9.17) is 4.74 Å². The number of nitrogens with zero attached hydrogens (tertiary/aromatic N) is 1. The highest BCUT2D eigenvalue weighted by atomic mass is 16.5. The summed E-state index contributed by atoms with van der Waals surface area (Å²) in [5.41, 5.74) is 1.09. The summed E-state index contributed by atoms with van der Waals surface area (Å²) in [6, 6.07) is 3.92. The van der Waals surface area contributed by atoms with E-state index < -0.39 is 0 Å². The fourth-order valence-electron chi connectivity index (χ4n) is 1.62. The molecule has 1 aromatic rings. The fraction of sp³-hybridized carbons (Fsp3) is 0.583. The molecule has 1 atom stereocenters. The van der Waals surface area contributed by atoms with Gasteiger partial charge >= 0.3 is 0 Å². The molecule has 0 bridgehead atoms. The maximum atomic E-state index is 5.54. The topological polar surface area (TPSA) is 22.1 Å². The lowest BCUT2D eigenvalue weighted by Gasteiger charge is -2.14. The van der Waals surface area contributed by atoms with Crippen LogP contribution in [0.15, 0.2) is 18.3 Å². The van der Waals surface area contributed by atoms with Gasteiger partial charge in [0.25, 0.3) is 0 Å². The average Bonchev–Trinajstić information content (AvgIpc) is 2.19. The third-order valence-electron chi connectivity index (χ3n) is 2.29. The smallest absolute Gasteiger partial charge is 0.141 e. The molecule has 0 aliphatic carbocycles. The quantitative estimate of drug-likeness (QED) is 0.715. The van der Waals surface area contributed by atoms with Gasteiger partial charge in [-0.2, -0.15) is 0 Å². The maximum absolute atomic E-state index is 5.54.